The Kier molecular flexibility index (Phi) is 15.5. The molecule has 1 aromatic heterocycles. The van der Waals surface area contributed by atoms with Gasteiger partial charge in [0.15, 0.2) is 23.0 Å². The minimum Gasteiger partial charge on any atom is -0.507 e. The summed E-state index contributed by atoms with van der Waals surface area (Å²) in [7, 11) is 8.67. The Morgan fingerprint density at radius 3 is 2.05 bits per heavy atom. The van der Waals surface area contributed by atoms with Crippen LogP contribution in [-0.2, 0) is 16.6 Å². The van der Waals surface area contributed by atoms with Crippen molar-refractivity contribution < 1.29 is 33.3 Å². The lowest BCUT2D eigenvalue weighted by Gasteiger charge is -2.32. The van der Waals surface area contributed by atoms with E-state index < -0.39 is 17.0 Å². The lowest BCUT2D eigenvalue weighted by Crippen LogP contribution is -2.32. The Morgan fingerprint density at radius 1 is 0.839 bits per heavy atom. The normalized spacial score (nSPS) is 12.6. The Labute approximate surface area is 330 Å². The molecule has 2 unspecified atom stereocenters. The summed E-state index contributed by atoms with van der Waals surface area (Å²) in [5, 5.41) is 21.3. The van der Waals surface area contributed by atoms with Gasteiger partial charge >= 0.3 is 5.63 Å². The van der Waals surface area contributed by atoms with Gasteiger partial charge in [-0.05, 0) is 98.8 Å². The first-order valence-corrected chi connectivity index (χ1v) is 18.7. The van der Waals surface area contributed by atoms with Crippen LogP contribution < -0.4 is 24.6 Å². The van der Waals surface area contributed by atoms with Crippen LogP contribution in [0.1, 0.15) is 68.2 Å². The molecule has 0 bridgehead atoms. The molecule has 0 radical (unpaired) electrons. The Balaban J connectivity index is 0.000000264. The lowest BCUT2D eigenvalue weighted by atomic mass is 9.69. The van der Waals surface area contributed by atoms with Crippen molar-refractivity contribution in [3.05, 3.63) is 124 Å². The topological polar surface area (TPSA) is 131 Å². The molecule has 5 aromatic rings. The number of ether oxygens (including phenoxy) is 4. The second kappa shape index (κ2) is 20.2. The monoisotopic (exact) mass is 762 g/mol. The summed E-state index contributed by atoms with van der Waals surface area (Å²) in [6.45, 7) is 7.53. The van der Waals surface area contributed by atoms with Crippen LogP contribution in [0.4, 0.5) is 0 Å². The highest BCUT2D eigenvalue weighted by molar-refractivity contribution is 5.85. The summed E-state index contributed by atoms with van der Waals surface area (Å²) in [6, 6.07) is 30.5. The number of fused-ring (bicyclic) bond motifs is 1. The van der Waals surface area contributed by atoms with E-state index in [1.54, 1.807) is 52.7 Å². The van der Waals surface area contributed by atoms with Crippen LogP contribution in [0.5, 0.6) is 28.7 Å². The Hall–Kier alpha value is -5.79. The smallest absolute Gasteiger partial charge is 0.343 e. The number of Topliss-reactive ketones (excluding diaryl/α,β-unsaturated/α-hetero) is 1. The van der Waals surface area contributed by atoms with Gasteiger partial charge in [0, 0.05) is 18.9 Å². The second-order valence-electron chi connectivity index (χ2n) is 14.2. The van der Waals surface area contributed by atoms with Gasteiger partial charge in [0.25, 0.3) is 0 Å². The predicted octanol–water partition coefficient (Wildman–Crippen LogP) is 8.70. The zero-order valence-corrected chi connectivity index (χ0v) is 33.8. The van der Waals surface area contributed by atoms with Crippen LogP contribution in [0.15, 0.2) is 100 Å². The highest BCUT2D eigenvalue weighted by Gasteiger charge is 2.36. The fourth-order valence-electron chi connectivity index (χ4n) is 7.04. The quantitative estimate of drug-likeness (QED) is 0.0918. The summed E-state index contributed by atoms with van der Waals surface area (Å²) >= 11 is 0. The molecular weight excluding hydrogens is 709 g/mol. The number of hydrogen-bond acceptors (Lipinski definition) is 10. The van der Waals surface area contributed by atoms with E-state index in [2.05, 4.69) is 37.9 Å². The van der Waals surface area contributed by atoms with Crippen molar-refractivity contribution in [1.82, 2.24) is 4.90 Å². The highest BCUT2D eigenvalue weighted by Crippen LogP contribution is 2.41. The Bertz CT molecular complexity index is 2160. The van der Waals surface area contributed by atoms with Gasteiger partial charge in [0.2, 0.25) is 0 Å². The minimum absolute atomic E-state index is 0.0641. The molecule has 0 aliphatic rings. The third kappa shape index (κ3) is 10.3. The number of benzene rings is 4. The predicted molar refractivity (Wildman–Crippen MR) is 219 cm³/mol. The number of aromatic hydroxyl groups is 1. The van der Waals surface area contributed by atoms with Gasteiger partial charge < -0.3 is 33.4 Å². The van der Waals surface area contributed by atoms with E-state index in [1.807, 2.05) is 60.7 Å². The first kappa shape index (κ1) is 42.9. The molecule has 2 atom stereocenters. The summed E-state index contributed by atoms with van der Waals surface area (Å²) in [5.74, 6) is 2.27. The van der Waals surface area contributed by atoms with E-state index in [-0.39, 0.29) is 29.4 Å². The van der Waals surface area contributed by atoms with Gasteiger partial charge in [0.1, 0.15) is 17.1 Å². The van der Waals surface area contributed by atoms with Crippen LogP contribution in [0, 0.1) is 17.2 Å². The molecule has 0 amide bonds. The maximum atomic E-state index is 12.4. The molecule has 0 spiro atoms. The van der Waals surface area contributed by atoms with Crippen LogP contribution in [0.2, 0.25) is 0 Å². The summed E-state index contributed by atoms with van der Waals surface area (Å²) in [5.41, 5.74) is 2.24. The SMILES string of the molecule is CC(=O)CC(c1ccccc1)c1c(O)c2ccccc2oc1=O.COc1ccc(CCN(C)CCCC(C#N)(c2ccc(OC)c(OC)c2)C(C)C)cc1OC. The fourth-order valence-corrected chi connectivity index (χ4v) is 7.04. The van der Waals surface area contributed by atoms with Gasteiger partial charge in [-0.25, -0.2) is 4.79 Å². The molecule has 0 aliphatic carbocycles. The largest absolute Gasteiger partial charge is 0.507 e. The van der Waals surface area contributed by atoms with Crippen molar-refractivity contribution in [2.24, 2.45) is 5.92 Å². The van der Waals surface area contributed by atoms with E-state index in [1.165, 1.54) is 12.5 Å². The number of carbonyl (C=O) groups excluding carboxylic acids is 1. The molecule has 0 saturated heterocycles. The number of methoxy groups -OCH3 is 4. The minimum atomic E-state index is -0.615. The Morgan fingerprint density at radius 2 is 1.45 bits per heavy atom. The van der Waals surface area contributed by atoms with E-state index >= 15 is 0 Å². The third-order valence-corrected chi connectivity index (χ3v) is 10.3. The van der Waals surface area contributed by atoms with Crippen molar-refractivity contribution in [3.8, 4) is 34.8 Å². The second-order valence-corrected chi connectivity index (χ2v) is 14.2. The van der Waals surface area contributed by atoms with Gasteiger partial charge in [0.05, 0.1) is 50.9 Å². The maximum Gasteiger partial charge on any atom is 0.343 e. The van der Waals surface area contributed by atoms with Gasteiger partial charge in [-0.3, -0.25) is 4.79 Å². The average Bonchev–Trinajstić information content (AvgIpc) is 3.21. The maximum absolute atomic E-state index is 12.4. The molecule has 296 valence electrons. The van der Waals surface area contributed by atoms with Crippen molar-refractivity contribution in [3.63, 3.8) is 0 Å². The molecule has 56 heavy (non-hydrogen) atoms. The number of nitrogens with zero attached hydrogens (tertiary/aromatic N) is 2. The lowest BCUT2D eigenvalue weighted by molar-refractivity contribution is -0.117. The van der Waals surface area contributed by atoms with Gasteiger partial charge in [-0.15, -0.1) is 0 Å². The van der Waals surface area contributed by atoms with Crippen molar-refractivity contribution >= 4 is 16.8 Å². The fraction of sp³-hybridized carbons (Fsp3) is 0.370. The molecular formula is C46H54N2O8. The number of carbonyl (C=O) groups is 1. The molecule has 0 saturated carbocycles. The number of likely N-dealkylation sites (N-methyl/N-ethyl adjacent to an activating group) is 1. The summed E-state index contributed by atoms with van der Waals surface area (Å²) < 4.78 is 26.9. The molecule has 10 nitrogen and oxygen atoms in total. The molecule has 1 N–H and O–H groups in total. The van der Waals surface area contributed by atoms with E-state index in [4.69, 9.17) is 23.4 Å². The molecule has 5 rings (SSSR count). The van der Waals surface area contributed by atoms with Crippen LogP contribution in [-0.4, -0.2) is 64.4 Å². The molecule has 0 aliphatic heterocycles. The first-order valence-electron chi connectivity index (χ1n) is 18.7. The molecule has 10 heteroatoms. The van der Waals surface area contributed by atoms with Crippen LogP contribution in [0.3, 0.4) is 0 Å². The van der Waals surface area contributed by atoms with Gasteiger partial charge in [-0.2, -0.15) is 5.26 Å². The van der Waals surface area contributed by atoms with Crippen molar-refractivity contribution in [2.75, 3.05) is 48.6 Å². The number of hydrogen-bond donors (Lipinski definition) is 1. The average molecular weight is 763 g/mol. The number of para-hydroxylation sites is 1. The number of nitriles is 1. The molecule has 4 aromatic carbocycles. The summed E-state index contributed by atoms with van der Waals surface area (Å²) in [6.07, 6.45) is 2.74. The number of ketones is 1. The standard InChI is InChI=1S/C27H38N2O4.C19H16O4/c1-20(2)27(19-28,22-10-12-24(31-5)26(18-22)33-7)14-8-15-29(3)16-13-21-9-11-23(30-4)25(17-21)32-6;1-12(20)11-15(13-7-3-2-4-8-13)17-18(21)14-9-5-6-10-16(14)23-19(17)22/h9-12,17-18,20H,8,13-16H2,1-7H3;2-10,15,21H,11H2,1H3. The van der Waals surface area contributed by atoms with Crippen molar-refractivity contribution in [1.29, 1.82) is 5.26 Å². The first-order chi connectivity index (χ1) is 26.9. The van der Waals surface area contributed by atoms with Gasteiger partial charge in [-0.1, -0.05) is 68.4 Å². The van der Waals surface area contributed by atoms with Crippen LogP contribution >= 0.6 is 0 Å². The third-order valence-electron chi connectivity index (χ3n) is 10.3. The van der Waals surface area contributed by atoms with E-state index in [0.29, 0.717) is 22.5 Å². The van der Waals surface area contributed by atoms with Crippen LogP contribution in [0.25, 0.3) is 11.0 Å². The highest BCUT2D eigenvalue weighted by atomic mass is 16.5. The van der Waals surface area contributed by atoms with E-state index in [9.17, 15) is 20.0 Å². The molecule has 0 fully saturated rings. The van der Waals surface area contributed by atoms with E-state index in [0.717, 1.165) is 55.0 Å². The van der Waals surface area contributed by atoms with Crippen molar-refractivity contribution in [2.45, 2.75) is 57.8 Å². The zero-order valence-electron chi connectivity index (χ0n) is 33.8. The zero-order chi connectivity index (χ0) is 40.8. The summed E-state index contributed by atoms with van der Waals surface area (Å²) in [4.78, 5) is 26.4. The number of rotatable bonds is 17. The molecule has 1 heterocycles.